The largest absolute Gasteiger partial charge is 0.454 e. The molecule has 0 radical (unpaired) electrons. The van der Waals surface area contributed by atoms with Gasteiger partial charge in [-0.15, -0.1) is 0 Å². The summed E-state index contributed by atoms with van der Waals surface area (Å²) >= 11 is 0. The van der Waals surface area contributed by atoms with Crippen molar-refractivity contribution in [3.63, 3.8) is 0 Å². The lowest BCUT2D eigenvalue weighted by molar-refractivity contribution is -0.132. The second-order valence-corrected chi connectivity index (χ2v) is 3.96. The van der Waals surface area contributed by atoms with E-state index in [9.17, 15) is 14.4 Å². The SMILES string of the molecule is C=CC(=O)N(CC)CC(=O)NCc1ccc(C(N)=O)o1. The standard InChI is InChI=1S/C13H17N3O4/c1-3-12(18)16(4-2)8-11(17)15-7-9-5-6-10(20-9)13(14)19/h3,5-6H,1,4,7-8H2,2H3,(H2,14,19)(H,15,17). The van der Waals surface area contributed by atoms with Gasteiger partial charge in [0.05, 0.1) is 13.1 Å². The highest BCUT2D eigenvalue weighted by Crippen LogP contribution is 2.06. The minimum Gasteiger partial charge on any atom is -0.454 e. The van der Waals surface area contributed by atoms with Crippen LogP contribution < -0.4 is 11.1 Å². The molecule has 1 heterocycles. The van der Waals surface area contributed by atoms with Gasteiger partial charge in [-0.2, -0.15) is 0 Å². The van der Waals surface area contributed by atoms with Crippen LogP contribution in [-0.4, -0.2) is 35.7 Å². The number of nitrogens with one attached hydrogen (secondary N) is 1. The fourth-order valence-electron chi connectivity index (χ4n) is 1.49. The van der Waals surface area contributed by atoms with E-state index in [1.165, 1.54) is 11.0 Å². The monoisotopic (exact) mass is 279 g/mol. The minimum atomic E-state index is -0.670. The van der Waals surface area contributed by atoms with Gasteiger partial charge in [-0.1, -0.05) is 6.58 Å². The molecule has 0 aliphatic rings. The van der Waals surface area contributed by atoms with Gasteiger partial charge in [0, 0.05) is 6.54 Å². The van der Waals surface area contributed by atoms with Crippen LogP contribution in [0.1, 0.15) is 23.2 Å². The third kappa shape index (κ3) is 4.27. The molecule has 0 spiro atoms. The second kappa shape index (κ2) is 7.13. The zero-order chi connectivity index (χ0) is 15.1. The molecule has 7 nitrogen and oxygen atoms in total. The molecule has 1 aromatic rings. The maximum absolute atomic E-state index is 11.7. The Hall–Kier alpha value is -2.57. The van der Waals surface area contributed by atoms with Crippen molar-refractivity contribution in [2.45, 2.75) is 13.5 Å². The smallest absolute Gasteiger partial charge is 0.284 e. The molecule has 0 aliphatic heterocycles. The first-order valence-electron chi connectivity index (χ1n) is 6.04. The first kappa shape index (κ1) is 15.5. The minimum absolute atomic E-state index is 0.0336. The van der Waals surface area contributed by atoms with Gasteiger partial charge in [-0.3, -0.25) is 14.4 Å². The molecule has 0 saturated heterocycles. The van der Waals surface area contributed by atoms with Crippen molar-refractivity contribution >= 4 is 17.7 Å². The number of hydrogen-bond acceptors (Lipinski definition) is 4. The van der Waals surface area contributed by atoms with Crippen molar-refractivity contribution in [1.29, 1.82) is 0 Å². The Kier molecular flexibility index (Phi) is 5.52. The van der Waals surface area contributed by atoms with Gasteiger partial charge < -0.3 is 20.4 Å². The summed E-state index contributed by atoms with van der Waals surface area (Å²) < 4.78 is 5.11. The van der Waals surface area contributed by atoms with E-state index in [0.29, 0.717) is 12.3 Å². The fraction of sp³-hybridized carbons (Fsp3) is 0.308. The molecule has 20 heavy (non-hydrogen) atoms. The van der Waals surface area contributed by atoms with Crippen molar-refractivity contribution in [2.75, 3.05) is 13.1 Å². The third-order valence-corrected chi connectivity index (χ3v) is 2.57. The van der Waals surface area contributed by atoms with E-state index in [-0.39, 0.29) is 30.7 Å². The average molecular weight is 279 g/mol. The molecular weight excluding hydrogens is 262 g/mol. The van der Waals surface area contributed by atoms with Crippen molar-refractivity contribution < 1.29 is 18.8 Å². The number of hydrogen-bond donors (Lipinski definition) is 2. The highest BCUT2D eigenvalue weighted by molar-refractivity contribution is 5.91. The molecule has 3 amide bonds. The molecule has 0 saturated carbocycles. The highest BCUT2D eigenvalue weighted by Gasteiger charge is 2.13. The maximum Gasteiger partial charge on any atom is 0.284 e. The molecule has 3 N–H and O–H groups in total. The first-order chi connectivity index (χ1) is 9.47. The van der Waals surface area contributed by atoms with Crippen LogP contribution in [0.3, 0.4) is 0 Å². The second-order valence-electron chi connectivity index (χ2n) is 3.96. The Bertz CT molecular complexity index is 521. The first-order valence-corrected chi connectivity index (χ1v) is 6.04. The van der Waals surface area contributed by atoms with Gasteiger partial charge >= 0.3 is 0 Å². The molecule has 108 valence electrons. The van der Waals surface area contributed by atoms with Crippen LogP contribution in [0.15, 0.2) is 29.2 Å². The van der Waals surface area contributed by atoms with E-state index in [4.69, 9.17) is 10.2 Å². The van der Waals surface area contributed by atoms with Gasteiger partial charge in [0.1, 0.15) is 5.76 Å². The number of carbonyl (C=O) groups excluding carboxylic acids is 3. The molecule has 7 heteroatoms. The van der Waals surface area contributed by atoms with Crippen LogP contribution in [0, 0.1) is 0 Å². The van der Waals surface area contributed by atoms with Gasteiger partial charge in [-0.05, 0) is 25.1 Å². The Balaban J connectivity index is 2.48. The summed E-state index contributed by atoms with van der Waals surface area (Å²) in [6, 6.07) is 2.98. The number of amides is 3. The molecular formula is C13H17N3O4. The van der Waals surface area contributed by atoms with E-state index in [2.05, 4.69) is 11.9 Å². The summed E-state index contributed by atoms with van der Waals surface area (Å²) in [6.45, 7) is 5.59. The predicted molar refractivity (Wildman–Crippen MR) is 71.5 cm³/mol. The summed E-state index contributed by atoms with van der Waals surface area (Å²) in [4.78, 5) is 35.2. The molecule has 0 atom stereocenters. The summed E-state index contributed by atoms with van der Waals surface area (Å²) in [6.07, 6.45) is 1.16. The van der Waals surface area contributed by atoms with E-state index in [1.54, 1.807) is 13.0 Å². The van der Waals surface area contributed by atoms with Crippen LogP contribution in [0.25, 0.3) is 0 Å². The molecule has 0 aliphatic carbocycles. The molecule has 1 rings (SSSR count). The van der Waals surface area contributed by atoms with Crippen molar-refractivity contribution in [1.82, 2.24) is 10.2 Å². The Morgan fingerprint density at radius 3 is 2.65 bits per heavy atom. The zero-order valence-corrected chi connectivity index (χ0v) is 11.2. The third-order valence-electron chi connectivity index (χ3n) is 2.57. The molecule has 0 bridgehead atoms. The topological polar surface area (TPSA) is 106 Å². The van der Waals surface area contributed by atoms with E-state index < -0.39 is 5.91 Å². The maximum atomic E-state index is 11.7. The van der Waals surface area contributed by atoms with E-state index in [0.717, 1.165) is 6.08 Å². The van der Waals surface area contributed by atoms with Crippen LogP contribution in [0.5, 0.6) is 0 Å². The summed E-state index contributed by atoms with van der Waals surface area (Å²) in [5.41, 5.74) is 5.04. The molecule has 0 aromatic carbocycles. The van der Waals surface area contributed by atoms with Gasteiger partial charge in [-0.25, -0.2) is 0 Å². The van der Waals surface area contributed by atoms with Crippen molar-refractivity contribution in [3.05, 3.63) is 36.3 Å². The van der Waals surface area contributed by atoms with Gasteiger partial charge in [0.2, 0.25) is 11.8 Å². The number of likely N-dealkylation sites (N-methyl/N-ethyl adjacent to an activating group) is 1. The molecule has 0 unspecified atom stereocenters. The normalized spacial score (nSPS) is 9.85. The Morgan fingerprint density at radius 2 is 2.15 bits per heavy atom. The van der Waals surface area contributed by atoms with Crippen LogP contribution >= 0.6 is 0 Å². The zero-order valence-electron chi connectivity index (χ0n) is 11.2. The molecule has 1 aromatic heterocycles. The van der Waals surface area contributed by atoms with E-state index >= 15 is 0 Å². The lowest BCUT2D eigenvalue weighted by Crippen LogP contribution is -2.39. The fourth-order valence-corrected chi connectivity index (χ4v) is 1.49. The van der Waals surface area contributed by atoms with Crippen LogP contribution in [0.4, 0.5) is 0 Å². The highest BCUT2D eigenvalue weighted by atomic mass is 16.4. The van der Waals surface area contributed by atoms with Gasteiger partial charge in [0.25, 0.3) is 5.91 Å². The number of furan rings is 1. The number of nitrogens with zero attached hydrogens (tertiary/aromatic N) is 1. The van der Waals surface area contributed by atoms with E-state index in [1.807, 2.05) is 0 Å². The quantitative estimate of drug-likeness (QED) is 0.687. The molecule has 0 fully saturated rings. The summed E-state index contributed by atoms with van der Waals surface area (Å²) in [5, 5.41) is 2.58. The van der Waals surface area contributed by atoms with Crippen molar-refractivity contribution in [3.8, 4) is 0 Å². The summed E-state index contributed by atoms with van der Waals surface area (Å²) in [5.74, 6) is -0.872. The number of rotatable bonds is 7. The van der Waals surface area contributed by atoms with Crippen LogP contribution in [-0.2, 0) is 16.1 Å². The van der Waals surface area contributed by atoms with Crippen molar-refractivity contribution in [2.24, 2.45) is 5.73 Å². The lowest BCUT2D eigenvalue weighted by atomic mass is 10.4. The summed E-state index contributed by atoms with van der Waals surface area (Å²) in [7, 11) is 0. The van der Waals surface area contributed by atoms with Gasteiger partial charge in [0.15, 0.2) is 5.76 Å². The Labute approximate surface area is 116 Å². The lowest BCUT2D eigenvalue weighted by Gasteiger charge is -2.18. The number of carbonyl (C=O) groups is 3. The Morgan fingerprint density at radius 1 is 1.45 bits per heavy atom. The number of primary amides is 1. The number of nitrogens with two attached hydrogens (primary N) is 1. The average Bonchev–Trinajstić information content (AvgIpc) is 2.90. The van der Waals surface area contributed by atoms with Crippen LogP contribution in [0.2, 0.25) is 0 Å². The predicted octanol–water partition coefficient (Wildman–Crippen LogP) is 0.0292.